The first kappa shape index (κ1) is 19.3. The van der Waals surface area contributed by atoms with Crippen LogP contribution in [-0.2, 0) is 6.54 Å². The molecule has 2 aromatic carbocycles. The zero-order valence-electron chi connectivity index (χ0n) is 16.7. The second-order valence-corrected chi connectivity index (χ2v) is 7.63. The predicted molar refractivity (Wildman–Crippen MR) is 110 cm³/mol. The molecule has 2 heterocycles. The average Bonchev–Trinajstić information content (AvgIpc) is 2.73. The molecule has 0 amide bonds. The molecule has 6 nitrogen and oxygen atoms in total. The molecule has 6 heteroatoms. The fourth-order valence-corrected chi connectivity index (χ4v) is 4.01. The smallest absolute Gasteiger partial charge is 0.235 e. The Balaban J connectivity index is 1.69. The number of quaternary nitrogens is 1. The lowest BCUT2D eigenvalue weighted by Gasteiger charge is -2.30. The Bertz CT molecular complexity index is 1070. The maximum atomic E-state index is 13.0. The molecular formula is C23H26NO5+. The molecule has 152 valence electrons. The lowest BCUT2D eigenvalue weighted by atomic mass is 10.0. The third-order valence-electron chi connectivity index (χ3n) is 5.74. The fourth-order valence-electron chi connectivity index (χ4n) is 4.01. The summed E-state index contributed by atoms with van der Waals surface area (Å²) in [5.41, 5.74) is 0.839. The van der Waals surface area contributed by atoms with Crippen molar-refractivity contribution >= 4 is 11.0 Å². The first-order chi connectivity index (χ1) is 14.1. The molecule has 2 N–H and O–H groups in total. The van der Waals surface area contributed by atoms with Gasteiger partial charge in [-0.3, -0.25) is 4.79 Å². The van der Waals surface area contributed by atoms with E-state index in [0.29, 0.717) is 40.6 Å². The highest BCUT2D eigenvalue weighted by Gasteiger charge is 2.25. The Morgan fingerprint density at radius 2 is 2.03 bits per heavy atom. The van der Waals surface area contributed by atoms with Gasteiger partial charge in [0.1, 0.15) is 30.1 Å². The monoisotopic (exact) mass is 396 g/mol. The van der Waals surface area contributed by atoms with Crippen LogP contribution >= 0.6 is 0 Å². The summed E-state index contributed by atoms with van der Waals surface area (Å²) >= 11 is 0. The molecule has 4 rings (SSSR count). The minimum Gasteiger partial charge on any atom is -0.507 e. The number of ether oxygens (including phenoxy) is 2. The van der Waals surface area contributed by atoms with Crippen LogP contribution in [0.15, 0.2) is 51.9 Å². The van der Waals surface area contributed by atoms with Crippen LogP contribution < -0.4 is 19.8 Å². The van der Waals surface area contributed by atoms with E-state index in [4.69, 9.17) is 13.9 Å². The number of aromatic hydroxyl groups is 1. The minimum atomic E-state index is -0.267. The predicted octanol–water partition coefficient (Wildman–Crippen LogP) is 3.26. The maximum Gasteiger partial charge on any atom is 0.235 e. The van der Waals surface area contributed by atoms with E-state index in [1.807, 2.05) is 0 Å². The maximum absolute atomic E-state index is 13.0. The normalized spacial score (nSPS) is 19.2. The van der Waals surface area contributed by atoms with Crippen LogP contribution in [0.1, 0.15) is 31.7 Å². The largest absolute Gasteiger partial charge is 0.507 e. The van der Waals surface area contributed by atoms with Crippen molar-refractivity contribution in [2.75, 3.05) is 13.7 Å². The van der Waals surface area contributed by atoms with E-state index in [1.54, 1.807) is 43.5 Å². The zero-order valence-corrected chi connectivity index (χ0v) is 16.7. The number of rotatable bonds is 5. The molecule has 1 fully saturated rings. The van der Waals surface area contributed by atoms with Crippen LogP contribution in [0.25, 0.3) is 11.0 Å². The highest BCUT2D eigenvalue weighted by atomic mass is 16.5. The number of piperidine rings is 1. The Hall–Kier alpha value is -2.99. The number of nitrogens with one attached hydrogen (secondary N) is 1. The summed E-state index contributed by atoms with van der Waals surface area (Å²) in [6.07, 6.45) is 4.91. The molecule has 1 aliphatic rings. The molecule has 1 saturated heterocycles. The first-order valence-corrected chi connectivity index (χ1v) is 9.99. The van der Waals surface area contributed by atoms with Crippen LogP contribution in [0.4, 0.5) is 0 Å². The molecule has 3 aromatic rings. The van der Waals surface area contributed by atoms with E-state index >= 15 is 0 Å². The third-order valence-corrected chi connectivity index (χ3v) is 5.74. The van der Waals surface area contributed by atoms with Gasteiger partial charge in [0.25, 0.3) is 0 Å². The summed E-state index contributed by atoms with van der Waals surface area (Å²) in [5, 5.41) is 10.9. The Kier molecular flexibility index (Phi) is 5.45. The zero-order chi connectivity index (χ0) is 20.4. The Labute approximate surface area is 169 Å². The van der Waals surface area contributed by atoms with Crippen LogP contribution in [0, 0.1) is 0 Å². The van der Waals surface area contributed by atoms with Gasteiger partial charge in [0.2, 0.25) is 11.2 Å². The molecule has 1 aliphatic heterocycles. The van der Waals surface area contributed by atoms with Crippen LogP contribution in [0.2, 0.25) is 0 Å². The van der Waals surface area contributed by atoms with Crippen LogP contribution in [-0.4, -0.2) is 24.8 Å². The van der Waals surface area contributed by atoms with Crippen molar-refractivity contribution in [2.45, 2.75) is 38.8 Å². The van der Waals surface area contributed by atoms with Gasteiger partial charge in [0.15, 0.2) is 5.58 Å². The second-order valence-electron chi connectivity index (χ2n) is 7.63. The number of benzene rings is 2. The summed E-state index contributed by atoms with van der Waals surface area (Å²) < 4.78 is 16.7. The SMILES string of the molecule is COc1cccc(Oc2coc3c(C[NH+]4CCCC[C@H]4C)c(O)ccc3c2=O)c1. The van der Waals surface area contributed by atoms with E-state index in [0.717, 1.165) is 6.54 Å². The van der Waals surface area contributed by atoms with Gasteiger partial charge in [-0.15, -0.1) is 0 Å². The van der Waals surface area contributed by atoms with Gasteiger partial charge in [0.05, 0.1) is 30.6 Å². The summed E-state index contributed by atoms with van der Waals surface area (Å²) in [6.45, 7) is 3.91. The summed E-state index contributed by atoms with van der Waals surface area (Å²) in [4.78, 5) is 14.4. The number of hydrogen-bond donors (Lipinski definition) is 2. The topological polar surface area (TPSA) is 73.3 Å². The first-order valence-electron chi connectivity index (χ1n) is 9.99. The van der Waals surface area contributed by atoms with Gasteiger partial charge in [-0.2, -0.15) is 0 Å². The van der Waals surface area contributed by atoms with Gasteiger partial charge in [-0.25, -0.2) is 0 Å². The second kappa shape index (κ2) is 8.17. The number of hydrogen-bond acceptors (Lipinski definition) is 5. The molecule has 1 aromatic heterocycles. The highest BCUT2D eigenvalue weighted by molar-refractivity contribution is 5.82. The number of phenolic OH excluding ortho intramolecular Hbond substituents is 1. The van der Waals surface area contributed by atoms with E-state index in [2.05, 4.69) is 6.92 Å². The lowest BCUT2D eigenvalue weighted by Crippen LogP contribution is -3.14. The van der Waals surface area contributed by atoms with Crippen LogP contribution in [0.5, 0.6) is 23.0 Å². The number of phenols is 1. The minimum absolute atomic E-state index is 0.0982. The van der Waals surface area contributed by atoms with E-state index in [9.17, 15) is 9.90 Å². The van der Waals surface area contributed by atoms with Gasteiger partial charge in [-0.05, 0) is 50.5 Å². The fraction of sp³-hybridized carbons (Fsp3) is 0.348. The highest BCUT2D eigenvalue weighted by Crippen LogP contribution is 2.29. The van der Waals surface area contributed by atoms with Crippen molar-refractivity contribution in [3.8, 4) is 23.0 Å². The van der Waals surface area contributed by atoms with E-state index in [1.165, 1.54) is 30.4 Å². The van der Waals surface area contributed by atoms with Crippen molar-refractivity contribution in [1.82, 2.24) is 0 Å². The van der Waals surface area contributed by atoms with Gasteiger partial charge < -0.3 is 23.9 Å². The molecule has 29 heavy (non-hydrogen) atoms. The van der Waals surface area contributed by atoms with E-state index < -0.39 is 0 Å². The summed E-state index contributed by atoms with van der Waals surface area (Å²) in [5.74, 6) is 1.38. The van der Waals surface area contributed by atoms with Crippen LogP contribution in [0.3, 0.4) is 0 Å². The standard InChI is InChI=1S/C23H25NO5/c1-15-6-3-4-11-24(15)13-19-20(25)10-9-18-22(26)21(14-28-23(18)19)29-17-8-5-7-16(12-17)27-2/h5,7-10,12,14-15,25H,3-4,6,11,13H2,1-2H3/p+1/t15-/m1/s1. The number of methoxy groups -OCH3 is 1. The average molecular weight is 396 g/mol. The van der Waals surface area contributed by atoms with Gasteiger partial charge in [0, 0.05) is 6.07 Å². The van der Waals surface area contributed by atoms with Gasteiger partial charge >= 0.3 is 0 Å². The molecule has 1 unspecified atom stereocenters. The molecule has 0 saturated carbocycles. The summed E-state index contributed by atoms with van der Waals surface area (Å²) in [7, 11) is 1.57. The quantitative estimate of drug-likeness (QED) is 0.693. The van der Waals surface area contributed by atoms with Gasteiger partial charge in [-0.1, -0.05) is 6.07 Å². The molecule has 0 spiro atoms. The van der Waals surface area contributed by atoms with E-state index in [-0.39, 0.29) is 16.9 Å². The van der Waals surface area contributed by atoms with Crippen molar-refractivity contribution in [3.05, 3.63) is 58.4 Å². The van der Waals surface area contributed by atoms with Crippen molar-refractivity contribution in [2.24, 2.45) is 0 Å². The molecule has 0 aliphatic carbocycles. The number of likely N-dealkylation sites (tertiary alicyclic amines) is 1. The molecule has 0 bridgehead atoms. The molecule has 2 atom stereocenters. The van der Waals surface area contributed by atoms with Crippen molar-refractivity contribution in [3.63, 3.8) is 0 Å². The van der Waals surface area contributed by atoms with Crippen molar-refractivity contribution in [1.29, 1.82) is 0 Å². The summed E-state index contributed by atoms with van der Waals surface area (Å²) in [6, 6.07) is 10.7. The molecular weight excluding hydrogens is 370 g/mol. The third kappa shape index (κ3) is 3.93. The Morgan fingerprint density at radius 1 is 1.21 bits per heavy atom. The van der Waals surface area contributed by atoms with Crippen molar-refractivity contribution < 1.29 is 23.9 Å². The Morgan fingerprint density at radius 3 is 2.83 bits per heavy atom. The molecule has 0 radical (unpaired) electrons. The lowest BCUT2D eigenvalue weighted by molar-refractivity contribution is -0.941. The number of fused-ring (bicyclic) bond motifs is 1.